The van der Waals surface area contributed by atoms with E-state index in [4.69, 9.17) is 15.2 Å². The van der Waals surface area contributed by atoms with E-state index in [9.17, 15) is 4.79 Å². The fourth-order valence-electron chi connectivity index (χ4n) is 4.00. The maximum Gasteiger partial charge on any atom is 0.351 e. The lowest BCUT2D eigenvalue weighted by Crippen LogP contribution is -2.37. The lowest BCUT2D eigenvalue weighted by atomic mass is 10.1. The quantitative estimate of drug-likeness (QED) is 0.687. The van der Waals surface area contributed by atoms with Gasteiger partial charge < -0.3 is 20.1 Å². The monoisotopic (exact) mass is 450 g/mol. The van der Waals surface area contributed by atoms with Crippen LogP contribution in [0.5, 0.6) is 5.75 Å². The van der Waals surface area contributed by atoms with Gasteiger partial charge >= 0.3 is 5.97 Å². The van der Waals surface area contributed by atoms with Gasteiger partial charge in [0, 0.05) is 18.9 Å². The third-order valence-corrected chi connectivity index (χ3v) is 6.59. The summed E-state index contributed by atoms with van der Waals surface area (Å²) < 4.78 is 11.7. The van der Waals surface area contributed by atoms with Gasteiger partial charge in [-0.1, -0.05) is 0 Å². The molecule has 2 N–H and O–H groups in total. The van der Waals surface area contributed by atoms with Gasteiger partial charge in [0.05, 0.1) is 11.4 Å². The number of thiophene rings is 1. The first-order valence-corrected chi connectivity index (χ1v) is 11.8. The SMILES string of the molecule is Cc1nc2sc(C(=O)OC(C)(C)C)c(N)c2c(C)c1OCCN1CCCN(C)CCC1.[HH]. The topological polar surface area (TPSA) is 80.9 Å². The first kappa shape index (κ1) is 23.8. The van der Waals surface area contributed by atoms with Crippen molar-refractivity contribution in [2.45, 2.75) is 53.1 Å². The number of aryl methyl sites for hydroxylation is 2. The Morgan fingerprint density at radius 3 is 2.45 bits per heavy atom. The average molecular weight is 451 g/mol. The van der Waals surface area contributed by atoms with Crippen molar-refractivity contribution in [1.29, 1.82) is 0 Å². The minimum absolute atomic E-state index is 0. The summed E-state index contributed by atoms with van der Waals surface area (Å²) in [5, 5.41) is 0.792. The largest absolute Gasteiger partial charge is 0.490 e. The number of pyridine rings is 1. The molecule has 1 aliphatic heterocycles. The van der Waals surface area contributed by atoms with E-state index < -0.39 is 11.6 Å². The number of carbonyl (C=O) groups excluding carboxylic acids is 1. The van der Waals surface area contributed by atoms with Gasteiger partial charge in [-0.2, -0.15) is 0 Å². The van der Waals surface area contributed by atoms with Crippen molar-refractivity contribution in [3.8, 4) is 5.75 Å². The second kappa shape index (κ2) is 9.71. The molecule has 0 aliphatic carbocycles. The zero-order chi connectivity index (χ0) is 22.8. The van der Waals surface area contributed by atoms with Crippen LogP contribution in [0.3, 0.4) is 0 Å². The highest BCUT2D eigenvalue weighted by Crippen LogP contribution is 2.40. The van der Waals surface area contributed by atoms with Crippen LogP contribution in [0.25, 0.3) is 10.2 Å². The minimum Gasteiger partial charge on any atom is -0.490 e. The van der Waals surface area contributed by atoms with Crippen LogP contribution < -0.4 is 10.5 Å². The number of anilines is 1. The molecule has 0 amide bonds. The minimum atomic E-state index is -0.575. The number of nitrogens with two attached hydrogens (primary N) is 1. The van der Waals surface area contributed by atoms with Crippen LogP contribution in [0.1, 0.15) is 56.0 Å². The van der Waals surface area contributed by atoms with Crippen molar-refractivity contribution < 1.29 is 15.7 Å². The molecule has 0 aromatic carbocycles. The highest BCUT2D eigenvalue weighted by molar-refractivity contribution is 7.21. The Hall–Kier alpha value is -1.90. The number of aromatic nitrogens is 1. The van der Waals surface area contributed by atoms with Crippen molar-refractivity contribution in [2.24, 2.45) is 0 Å². The first-order chi connectivity index (χ1) is 14.6. The summed E-state index contributed by atoms with van der Waals surface area (Å²) in [4.78, 5) is 23.3. The lowest BCUT2D eigenvalue weighted by molar-refractivity contribution is 0.00764. The molecule has 2 aromatic rings. The molecule has 8 heteroatoms. The predicted molar refractivity (Wildman–Crippen MR) is 129 cm³/mol. The Morgan fingerprint density at radius 2 is 1.84 bits per heavy atom. The van der Waals surface area contributed by atoms with Gasteiger partial charge in [-0.15, -0.1) is 11.3 Å². The highest BCUT2D eigenvalue weighted by Gasteiger charge is 2.26. The van der Waals surface area contributed by atoms with Crippen LogP contribution in [-0.2, 0) is 4.74 Å². The molecular weight excluding hydrogens is 412 g/mol. The third-order valence-electron chi connectivity index (χ3n) is 5.51. The second-order valence-electron chi connectivity index (χ2n) is 9.38. The highest BCUT2D eigenvalue weighted by atomic mass is 32.1. The molecule has 0 bridgehead atoms. The molecule has 0 radical (unpaired) electrons. The number of hydrogen-bond acceptors (Lipinski definition) is 8. The molecule has 0 spiro atoms. The van der Waals surface area contributed by atoms with Crippen LogP contribution in [-0.4, -0.2) is 72.7 Å². The number of fused-ring (bicyclic) bond motifs is 1. The maximum absolute atomic E-state index is 12.6. The summed E-state index contributed by atoms with van der Waals surface area (Å²) in [6.07, 6.45) is 2.36. The molecule has 7 nitrogen and oxygen atoms in total. The molecule has 3 rings (SSSR count). The summed E-state index contributed by atoms with van der Waals surface area (Å²) in [5.74, 6) is 0.356. The van der Waals surface area contributed by atoms with Gasteiger partial charge in [-0.3, -0.25) is 4.90 Å². The van der Waals surface area contributed by atoms with E-state index in [2.05, 4.69) is 21.8 Å². The Morgan fingerprint density at radius 1 is 1.19 bits per heavy atom. The van der Waals surface area contributed by atoms with E-state index in [-0.39, 0.29) is 1.43 Å². The molecule has 2 aromatic heterocycles. The second-order valence-corrected chi connectivity index (χ2v) is 10.4. The average Bonchev–Trinajstić information content (AvgIpc) is 2.97. The van der Waals surface area contributed by atoms with Gasteiger partial charge in [-0.25, -0.2) is 9.78 Å². The fourth-order valence-corrected chi connectivity index (χ4v) is 5.08. The summed E-state index contributed by atoms with van der Waals surface area (Å²) in [7, 11) is 2.19. The summed E-state index contributed by atoms with van der Waals surface area (Å²) in [6.45, 7) is 15.4. The molecule has 3 heterocycles. The number of nitrogens with zero attached hydrogens (tertiary/aromatic N) is 3. The van der Waals surface area contributed by atoms with Crippen molar-refractivity contribution in [3.05, 3.63) is 16.1 Å². The lowest BCUT2D eigenvalue weighted by Gasteiger charge is -2.28. The van der Waals surface area contributed by atoms with E-state index >= 15 is 0 Å². The van der Waals surface area contributed by atoms with Gasteiger partial charge in [0.1, 0.15) is 27.7 Å². The maximum atomic E-state index is 12.6. The Balaban J connectivity index is 0.00000363. The number of carbonyl (C=O) groups is 1. The first-order valence-electron chi connectivity index (χ1n) is 11.0. The predicted octanol–water partition coefficient (Wildman–Crippen LogP) is 4.10. The van der Waals surface area contributed by atoms with Crippen molar-refractivity contribution >= 4 is 33.2 Å². The van der Waals surface area contributed by atoms with Crippen molar-refractivity contribution in [1.82, 2.24) is 14.8 Å². The molecule has 1 aliphatic rings. The van der Waals surface area contributed by atoms with Crippen molar-refractivity contribution in [3.63, 3.8) is 0 Å². The number of esters is 1. The Labute approximate surface area is 191 Å². The molecule has 1 saturated heterocycles. The normalized spacial score (nSPS) is 16.8. The van der Waals surface area contributed by atoms with Crippen molar-refractivity contribution in [2.75, 3.05) is 52.1 Å². The Kier molecular flexibility index (Phi) is 7.44. The molecular formula is C23H38N4O3S. The molecule has 0 unspecified atom stereocenters. The number of rotatable bonds is 5. The fraction of sp³-hybridized carbons (Fsp3) is 0.652. The molecule has 31 heavy (non-hydrogen) atoms. The van der Waals surface area contributed by atoms with Gasteiger partial charge in [-0.05, 0) is 80.7 Å². The number of ether oxygens (including phenoxy) is 2. The van der Waals surface area contributed by atoms with Crippen LogP contribution >= 0.6 is 11.3 Å². The van der Waals surface area contributed by atoms with E-state index in [0.29, 0.717) is 17.2 Å². The molecule has 174 valence electrons. The van der Waals surface area contributed by atoms with Gasteiger partial charge in [0.15, 0.2) is 0 Å². The smallest absolute Gasteiger partial charge is 0.351 e. The zero-order valence-corrected chi connectivity index (χ0v) is 20.5. The van der Waals surface area contributed by atoms with Gasteiger partial charge in [0.2, 0.25) is 0 Å². The Bertz CT molecular complexity index is 932. The van der Waals surface area contributed by atoms with E-state index in [0.717, 1.165) is 59.9 Å². The summed E-state index contributed by atoms with van der Waals surface area (Å²) in [5.41, 5.74) is 7.97. The summed E-state index contributed by atoms with van der Waals surface area (Å²) in [6, 6.07) is 0. The number of nitrogen functional groups attached to an aromatic ring is 1. The van der Waals surface area contributed by atoms with Gasteiger partial charge in [0.25, 0.3) is 0 Å². The standard InChI is InChI=1S/C23H36N4O3S.H2/c1-15-17-18(24)20(22(28)30-23(3,4)5)31-21(17)25-16(2)19(15)29-14-13-27-11-7-9-26(6)10-8-12-27;/h7-14,24H2,1-6H3;1H. The van der Waals surface area contributed by atoms with E-state index in [1.807, 2.05) is 34.6 Å². The molecule has 0 saturated carbocycles. The number of hydrogen-bond donors (Lipinski definition) is 1. The summed E-state index contributed by atoms with van der Waals surface area (Å²) >= 11 is 1.28. The van der Waals surface area contributed by atoms with E-state index in [1.54, 1.807) is 0 Å². The molecule has 0 atom stereocenters. The van der Waals surface area contributed by atoms with E-state index in [1.165, 1.54) is 24.2 Å². The molecule has 1 fully saturated rings. The van der Waals surface area contributed by atoms with Crippen LogP contribution in [0.2, 0.25) is 0 Å². The van der Waals surface area contributed by atoms with Crippen LogP contribution in [0.4, 0.5) is 5.69 Å². The van der Waals surface area contributed by atoms with Crippen LogP contribution in [0.15, 0.2) is 0 Å². The third kappa shape index (κ3) is 5.87. The zero-order valence-electron chi connectivity index (χ0n) is 19.7. The van der Waals surface area contributed by atoms with Crippen LogP contribution in [0, 0.1) is 13.8 Å².